The Hall–Kier alpha value is -1.34. The predicted octanol–water partition coefficient (Wildman–Crippen LogP) is 2.24. The Morgan fingerprint density at radius 1 is 1.60 bits per heavy atom. The van der Waals surface area contributed by atoms with Crippen LogP contribution in [0.3, 0.4) is 0 Å². The molecule has 1 amide bonds. The van der Waals surface area contributed by atoms with Crippen molar-refractivity contribution in [2.24, 2.45) is 0 Å². The number of carbonyl (C=O) groups excluding carboxylic acids is 1. The Balaban J connectivity index is 2.00. The van der Waals surface area contributed by atoms with Crippen molar-refractivity contribution in [1.82, 2.24) is 5.32 Å². The molecule has 0 bridgehead atoms. The molecule has 1 aliphatic heterocycles. The Morgan fingerprint density at radius 3 is 3.05 bits per heavy atom. The van der Waals surface area contributed by atoms with Crippen molar-refractivity contribution in [3.05, 3.63) is 23.8 Å². The highest BCUT2D eigenvalue weighted by Gasteiger charge is 2.22. The molecule has 2 rings (SSSR count). The van der Waals surface area contributed by atoms with E-state index in [0.717, 1.165) is 17.2 Å². The van der Waals surface area contributed by atoms with Crippen molar-refractivity contribution >= 4 is 23.4 Å². The molecule has 2 N–H and O–H groups in total. The number of aryl methyl sites for hydroxylation is 1. The van der Waals surface area contributed by atoms with Gasteiger partial charge in [0.25, 0.3) is 6.43 Å². The van der Waals surface area contributed by atoms with Crippen molar-refractivity contribution in [3.63, 3.8) is 0 Å². The van der Waals surface area contributed by atoms with E-state index in [1.54, 1.807) is 36.9 Å². The highest BCUT2D eigenvalue weighted by molar-refractivity contribution is 7.99. The number of hydrogen-bond acceptors (Lipinski definition) is 4. The highest BCUT2D eigenvalue weighted by Crippen LogP contribution is 2.23. The van der Waals surface area contributed by atoms with Crippen molar-refractivity contribution < 1.29 is 18.3 Å². The average Bonchev–Trinajstić information content (AvgIpc) is 2.93. The Labute approximate surface area is 120 Å². The maximum atomic E-state index is 12.2. The van der Waals surface area contributed by atoms with Gasteiger partial charge >= 0.3 is 0 Å². The molecule has 1 atom stereocenters. The molecule has 0 aromatic heterocycles. The van der Waals surface area contributed by atoms with Crippen LogP contribution in [0.4, 0.5) is 14.5 Å². The summed E-state index contributed by atoms with van der Waals surface area (Å²) >= 11 is 1.66. The first-order valence-electron chi connectivity index (χ1n) is 6.20. The molecule has 4 nitrogen and oxygen atoms in total. The summed E-state index contributed by atoms with van der Waals surface area (Å²) in [4.78, 5) is 11.9. The number of halogens is 2. The smallest absolute Gasteiger partial charge is 0.272 e. The van der Waals surface area contributed by atoms with E-state index >= 15 is 0 Å². The molecule has 1 fully saturated rings. The standard InChI is InChI=1S/C13H16F2N2O2S/c1-8-2-3-9(4-11(8)19-5-12(14)15)17-13(18)10-6-20-7-16-10/h2-4,10,12,16H,5-7H2,1H3,(H,17,18)/t10-/m0/s1. The second-order valence-corrected chi connectivity index (χ2v) is 5.47. The third-order valence-corrected chi connectivity index (χ3v) is 3.79. The third-order valence-electron chi connectivity index (χ3n) is 2.85. The molecular weight excluding hydrogens is 286 g/mol. The zero-order chi connectivity index (χ0) is 14.5. The average molecular weight is 302 g/mol. The first-order valence-corrected chi connectivity index (χ1v) is 7.35. The van der Waals surface area contributed by atoms with Crippen LogP contribution in [-0.2, 0) is 4.79 Å². The van der Waals surface area contributed by atoms with Gasteiger partial charge in [0.2, 0.25) is 5.91 Å². The number of rotatable bonds is 5. The van der Waals surface area contributed by atoms with Gasteiger partial charge in [0, 0.05) is 23.4 Å². The summed E-state index contributed by atoms with van der Waals surface area (Å²) in [7, 11) is 0. The van der Waals surface area contributed by atoms with Crippen LogP contribution in [0, 0.1) is 6.92 Å². The minimum atomic E-state index is -2.52. The number of anilines is 1. The lowest BCUT2D eigenvalue weighted by atomic mass is 10.2. The van der Waals surface area contributed by atoms with Crippen LogP contribution in [0.15, 0.2) is 18.2 Å². The van der Waals surface area contributed by atoms with E-state index in [1.165, 1.54) is 0 Å². The maximum absolute atomic E-state index is 12.2. The first kappa shape index (κ1) is 15.1. The van der Waals surface area contributed by atoms with Gasteiger partial charge in [-0.3, -0.25) is 10.1 Å². The van der Waals surface area contributed by atoms with E-state index < -0.39 is 13.0 Å². The number of amides is 1. The second kappa shape index (κ2) is 6.90. The normalized spacial score (nSPS) is 18.3. The molecule has 0 spiro atoms. The van der Waals surface area contributed by atoms with Gasteiger partial charge in [0.15, 0.2) is 0 Å². The van der Waals surface area contributed by atoms with Crippen molar-refractivity contribution in [2.75, 3.05) is 23.6 Å². The topological polar surface area (TPSA) is 50.4 Å². The molecule has 0 saturated carbocycles. The summed E-state index contributed by atoms with van der Waals surface area (Å²) in [6, 6.07) is 4.81. The lowest BCUT2D eigenvalue weighted by Crippen LogP contribution is -2.37. The Kier molecular flexibility index (Phi) is 5.19. The number of alkyl halides is 2. The van der Waals surface area contributed by atoms with Crippen LogP contribution in [-0.4, -0.2) is 36.6 Å². The molecule has 0 radical (unpaired) electrons. The number of nitrogens with one attached hydrogen (secondary N) is 2. The van der Waals surface area contributed by atoms with Gasteiger partial charge in [0.05, 0.1) is 6.04 Å². The van der Waals surface area contributed by atoms with E-state index in [1.807, 2.05) is 0 Å². The molecule has 1 aromatic carbocycles. The van der Waals surface area contributed by atoms with Gasteiger partial charge < -0.3 is 10.1 Å². The van der Waals surface area contributed by atoms with Gasteiger partial charge in [-0.1, -0.05) is 6.07 Å². The number of thioether (sulfide) groups is 1. The van der Waals surface area contributed by atoms with Gasteiger partial charge in [-0.2, -0.15) is 0 Å². The number of ether oxygens (including phenoxy) is 1. The van der Waals surface area contributed by atoms with Crippen LogP contribution < -0.4 is 15.4 Å². The van der Waals surface area contributed by atoms with Crippen LogP contribution in [0.25, 0.3) is 0 Å². The minimum absolute atomic E-state index is 0.126. The summed E-state index contributed by atoms with van der Waals surface area (Å²) in [5.74, 6) is 1.72. The van der Waals surface area contributed by atoms with Gasteiger partial charge in [-0.25, -0.2) is 8.78 Å². The molecule has 20 heavy (non-hydrogen) atoms. The van der Waals surface area contributed by atoms with Crippen LogP contribution in [0.5, 0.6) is 5.75 Å². The first-order chi connectivity index (χ1) is 9.56. The fourth-order valence-electron chi connectivity index (χ4n) is 1.78. The van der Waals surface area contributed by atoms with E-state index in [-0.39, 0.29) is 11.9 Å². The molecular formula is C13H16F2N2O2S. The van der Waals surface area contributed by atoms with Crippen molar-refractivity contribution in [3.8, 4) is 5.75 Å². The fraction of sp³-hybridized carbons (Fsp3) is 0.462. The summed E-state index contributed by atoms with van der Waals surface area (Å²) in [6.07, 6.45) is -2.52. The molecule has 1 saturated heterocycles. The number of benzene rings is 1. The molecule has 7 heteroatoms. The van der Waals surface area contributed by atoms with Gasteiger partial charge in [-0.15, -0.1) is 11.8 Å². The van der Waals surface area contributed by atoms with E-state index in [9.17, 15) is 13.6 Å². The Bertz CT molecular complexity index is 479. The zero-order valence-corrected chi connectivity index (χ0v) is 11.8. The van der Waals surface area contributed by atoms with E-state index in [0.29, 0.717) is 11.4 Å². The highest BCUT2D eigenvalue weighted by atomic mass is 32.2. The molecule has 1 aromatic rings. The number of carbonyl (C=O) groups is 1. The maximum Gasteiger partial charge on any atom is 0.272 e. The quantitative estimate of drug-likeness (QED) is 0.876. The lowest BCUT2D eigenvalue weighted by molar-refractivity contribution is -0.117. The summed E-state index contributed by atoms with van der Waals surface area (Å²) in [5.41, 5.74) is 1.29. The molecule has 1 aliphatic rings. The van der Waals surface area contributed by atoms with Crippen LogP contribution in [0.2, 0.25) is 0 Å². The van der Waals surface area contributed by atoms with Gasteiger partial charge in [0.1, 0.15) is 12.4 Å². The largest absolute Gasteiger partial charge is 0.487 e. The summed E-state index contributed by atoms with van der Waals surface area (Å²) in [5, 5.41) is 5.82. The summed E-state index contributed by atoms with van der Waals surface area (Å²) in [6.45, 7) is 1.11. The zero-order valence-electron chi connectivity index (χ0n) is 11.0. The fourth-order valence-corrected chi connectivity index (χ4v) is 2.72. The minimum Gasteiger partial charge on any atom is -0.487 e. The SMILES string of the molecule is Cc1ccc(NC(=O)[C@@H]2CSCN2)cc1OCC(F)F. The molecule has 110 valence electrons. The van der Waals surface area contributed by atoms with Crippen molar-refractivity contribution in [2.45, 2.75) is 19.4 Å². The van der Waals surface area contributed by atoms with E-state index in [4.69, 9.17) is 4.74 Å². The molecule has 0 unspecified atom stereocenters. The van der Waals surface area contributed by atoms with Crippen LogP contribution in [0.1, 0.15) is 5.56 Å². The van der Waals surface area contributed by atoms with Crippen molar-refractivity contribution in [1.29, 1.82) is 0 Å². The summed E-state index contributed by atoms with van der Waals surface area (Å²) < 4.78 is 29.3. The lowest BCUT2D eigenvalue weighted by Gasteiger charge is -2.13. The molecule has 0 aliphatic carbocycles. The van der Waals surface area contributed by atoms with Crippen LogP contribution >= 0.6 is 11.8 Å². The number of hydrogen-bond donors (Lipinski definition) is 2. The third kappa shape index (κ3) is 4.08. The second-order valence-electron chi connectivity index (χ2n) is 4.44. The monoisotopic (exact) mass is 302 g/mol. The molecule has 1 heterocycles. The predicted molar refractivity (Wildman–Crippen MR) is 75.6 cm³/mol. The Morgan fingerprint density at radius 2 is 2.40 bits per heavy atom. The van der Waals surface area contributed by atoms with Gasteiger partial charge in [-0.05, 0) is 18.6 Å². The van der Waals surface area contributed by atoms with E-state index in [2.05, 4.69) is 10.6 Å².